The second-order valence-electron chi connectivity index (χ2n) is 12.2. The summed E-state index contributed by atoms with van der Waals surface area (Å²) in [4.78, 5) is 30.4. The van der Waals surface area contributed by atoms with Crippen molar-refractivity contribution in [2.45, 2.75) is 101 Å². The lowest BCUT2D eigenvalue weighted by molar-refractivity contribution is -0.130. The summed E-state index contributed by atoms with van der Waals surface area (Å²) in [6.07, 6.45) is 5.26. The second kappa shape index (κ2) is 10.5. The minimum atomic E-state index is -2.64. The van der Waals surface area contributed by atoms with Crippen molar-refractivity contribution in [1.29, 1.82) is 0 Å². The quantitative estimate of drug-likeness (QED) is 0.530. The summed E-state index contributed by atoms with van der Waals surface area (Å²) in [5.74, 6) is -2.49. The molecule has 4 aliphatic rings. The average molecular weight is 517 g/mol. The van der Waals surface area contributed by atoms with Gasteiger partial charge in [0, 0.05) is 43.9 Å². The van der Waals surface area contributed by atoms with Crippen molar-refractivity contribution < 1.29 is 18.4 Å². The standard InChI is InChI=1S/C29H42F2N4O2/c1-20(2)35-27(37)32-19-28(35)17-23-9-6-15-34(25(23)18-28)16-12-24(21-7-4-3-5-8-21)33-26(36)22-10-13-29(30,31)14-11-22/h3-5,7-8,20,22-25H,6,9-19H2,1-2H3,(H,32,37)(H,33,36)/t23?,24-,25?,28?/m0/s1. The van der Waals surface area contributed by atoms with E-state index in [2.05, 4.69) is 34.3 Å². The molecule has 5 rings (SSSR count). The molecule has 2 aliphatic heterocycles. The zero-order valence-electron chi connectivity index (χ0n) is 22.2. The molecule has 0 radical (unpaired) electrons. The summed E-state index contributed by atoms with van der Waals surface area (Å²) in [5.41, 5.74) is 0.962. The molecule has 0 aromatic heterocycles. The predicted molar refractivity (Wildman–Crippen MR) is 139 cm³/mol. The smallest absolute Gasteiger partial charge is 0.318 e. The van der Waals surface area contributed by atoms with Gasteiger partial charge in [-0.15, -0.1) is 0 Å². The first-order valence-electron chi connectivity index (χ1n) is 14.2. The van der Waals surface area contributed by atoms with E-state index < -0.39 is 5.92 Å². The third kappa shape index (κ3) is 5.50. The van der Waals surface area contributed by atoms with Gasteiger partial charge in [0.25, 0.3) is 0 Å². The van der Waals surface area contributed by atoms with Crippen molar-refractivity contribution in [2.24, 2.45) is 11.8 Å². The van der Waals surface area contributed by atoms with Crippen LogP contribution in [-0.4, -0.2) is 64.9 Å². The fourth-order valence-corrected chi connectivity index (χ4v) is 7.63. The van der Waals surface area contributed by atoms with Crippen LogP contribution in [-0.2, 0) is 4.79 Å². The highest BCUT2D eigenvalue weighted by Crippen LogP contribution is 2.48. The Morgan fingerprint density at radius 2 is 1.86 bits per heavy atom. The van der Waals surface area contributed by atoms with E-state index in [4.69, 9.17) is 0 Å². The van der Waals surface area contributed by atoms with Crippen LogP contribution in [0.3, 0.4) is 0 Å². The van der Waals surface area contributed by atoms with Gasteiger partial charge in [0.15, 0.2) is 0 Å². The Kier molecular flexibility index (Phi) is 7.49. The molecule has 1 spiro atoms. The Hall–Kier alpha value is -2.22. The number of fused-ring (bicyclic) bond motifs is 1. The molecule has 4 atom stereocenters. The van der Waals surface area contributed by atoms with Crippen LogP contribution in [0.15, 0.2) is 30.3 Å². The molecular weight excluding hydrogens is 474 g/mol. The maximum absolute atomic E-state index is 13.6. The lowest BCUT2D eigenvalue weighted by Crippen LogP contribution is -2.50. The Labute approximate surface area is 219 Å². The first kappa shape index (κ1) is 26.4. The first-order chi connectivity index (χ1) is 17.7. The highest BCUT2D eigenvalue weighted by atomic mass is 19.3. The maximum Gasteiger partial charge on any atom is 0.318 e. The molecule has 2 saturated carbocycles. The lowest BCUT2D eigenvalue weighted by Gasteiger charge is -2.39. The van der Waals surface area contributed by atoms with Crippen LogP contribution in [0.2, 0.25) is 0 Å². The van der Waals surface area contributed by atoms with Crippen molar-refractivity contribution in [1.82, 2.24) is 20.4 Å². The van der Waals surface area contributed by atoms with E-state index in [0.717, 1.165) is 50.9 Å². The fraction of sp³-hybridized carbons (Fsp3) is 0.724. The fourth-order valence-electron chi connectivity index (χ4n) is 7.63. The van der Waals surface area contributed by atoms with Crippen molar-refractivity contribution in [2.75, 3.05) is 19.6 Å². The number of urea groups is 1. The van der Waals surface area contributed by atoms with Gasteiger partial charge in [0.2, 0.25) is 11.8 Å². The number of halogens is 2. The number of hydrogen-bond acceptors (Lipinski definition) is 3. The third-order valence-corrected chi connectivity index (χ3v) is 9.39. The number of nitrogens with zero attached hydrogens (tertiary/aromatic N) is 2. The van der Waals surface area contributed by atoms with Crippen LogP contribution in [0.1, 0.15) is 83.2 Å². The second-order valence-corrected chi connectivity index (χ2v) is 12.2. The summed E-state index contributed by atoms with van der Waals surface area (Å²) in [7, 11) is 0. The molecule has 204 valence electrons. The molecule has 0 bridgehead atoms. The third-order valence-electron chi connectivity index (χ3n) is 9.39. The molecule has 6 nitrogen and oxygen atoms in total. The minimum Gasteiger partial charge on any atom is -0.349 e. The topological polar surface area (TPSA) is 64.7 Å². The van der Waals surface area contributed by atoms with Gasteiger partial charge in [0.05, 0.1) is 11.6 Å². The van der Waals surface area contributed by atoms with E-state index >= 15 is 0 Å². The number of rotatable bonds is 7. The first-order valence-corrected chi connectivity index (χ1v) is 14.2. The van der Waals surface area contributed by atoms with E-state index in [-0.39, 0.29) is 61.2 Å². The summed E-state index contributed by atoms with van der Waals surface area (Å²) in [6.45, 7) is 6.84. The number of amides is 3. The van der Waals surface area contributed by atoms with Gasteiger partial charge < -0.3 is 15.5 Å². The molecule has 2 N–H and O–H groups in total. The Bertz CT molecular complexity index is 964. The SMILES string of the molecule is CC(C)N1C(=O)NCC12CC1CCCN(CC[C@H](NC(=O)C3CCC(F)(F)CC3)c3ccccc3)C1C2. The maximum atomic E-state index is 13.6. The molecule has 2 aliphatic carbocycles. The van der Waals surface area contributed by atoms with Gasteiger partial charge >= 0.3 is 6.03 Å². The van der Waals surface area contributed by atoms with E-state index in [0.29, 0.717) is 12.0 Å². The van der Waals surface area contributed by atoms with E-state index in [1.54, 1.807) is 0 Å². The van der Waals surface area contributed by atoms with E-state index in [1.165, 1.54) is 6.42 Å². The number of alkyl halides is 2. The number of carbonyl (C=O) groups is 2. The normalized spacial score (nSPS) is 30.9. The molecule has 2 heterocycles. The Balaban J connectivity index is 1.26. The molecule has 1 aromatic rings. The average Bonchev–Trinajstić information content (AvgIpc) is 3.40. The van der Waals surface area contributed by atoms with Crippen LogP contribution >= 0.6 is 0 Å². The molecule has 3 unspecified atom stereocenters. The molecule has 3 amide bonds. The Morgan fingerprint density at radius 3 is 2.57 bits per heavy atom. The zero-order chi connectivity index (χ0) is 26.2. The highest BCUT2D eigenvalue weighted by Gasteiger charge is 2.56. The van der Waals surface area contributed by atoms with Gasteiger partial charge in [-0.3, -0.25) is 9.69 Å². The monoisotopic (exact) mass is 516 g/mol. The van der Waals surface area contributed by atoms with Crippen molar-refractivity contribution in [3.63, 3.8) is 0 Å². The Morgan fingerprint density at radius 1 is 1.14 bits per heavy atom. The minimum absolute atomic E-state index is 0.0625. The molecule has 1 aromatic carbocycles. The van der Waals surface area contributed by atoms with Gasteiger partial charge in [-0.2, -0.15) is 0 Å². The van der Waals surface area contributed by atoms with Crippen LogP contribution in [0.4, 0.5) is 13.6 Å². The van der Waals surface area contributed by atoms with Crippen LogP contribution in [0.25, 0.3) is 0 Å². The van der Waals surface area contributed by atoms with Gasteiger partial charge in [-0.25, -0.2) is 13.6 Å². The van der Waals surface area contributed by atoms with Crippen LogP contribution in [0.5, 0.6) is 0 Å². The number of nitrogens with one attached hydrogen (secondary N) is 2. The van der Waals surface area contributed by atoms with E-state index in [9.17, 15) is 18.4 Å². The van der Waals surface area contributed by atoms with Gasteiger partial charge in [-0.05, 0) is 76.8 Å². The number of hydrogen-bond donors (Lipinski definition) is 2. The van der Waals surface area contributed by atoms with Crippen molar-refractivity contribution in [3.05, 3.63) is 35.9 Å². The van der Waals surface area contributed by atoms with E-state index in [1.807, 2.05) is 30.3 Å². The highest BCUT2D eigenvalue weighted by molar-refractivity contribution is 5.79. The molecule has 2 saturated heterocycles. The summed E-state index contributed by atoms with van der Waals surface area (Å²) >= 11 is 0. The van der Waals surface area contributed by atoms with Gasteiger partial charge in [-0.1, -0.05) is 30.3 Å². The molecule has 4 fully saturated rings. The summed E-state index contributed by atoms with van der Waals surface area (Å²) < 4.78 is 27.3. The number of piperidine rings is 1. The number of likely N-dealkylation sites (tertiary alicyclic amines) is 1. The molecule has 37 heavy (non-hydrogen) atoms. The van der Waals surface area contributed by atoms with Crippen molar-refractivity contribution in [3.8, 4) is 0 Å². The number of carbonyl (C=O) groups excluding carboxylic acids is 2. The molecule has 8 heteroatoms. The zero-order valence-corrected chi connectivity index (χ0v) is 22.2. The predicted octanol–water partition coefficient (Wildman–Crippen LogP) is 5.11. The van der Waals surface area contributed by atoms with Crippen molar-refractivity contribution >= 4 is 11.9 Å². The van der Waals surface area contributed by atoms with Crippen LogP contribution < -0.4 is 10.6 Å². The molecular formula is C29H42F2N4O2. The summed E-state index contributed by atoms with van der Waals surface area (Å²) in [6, 6.07) is 10.6. The summed E-state index contributed by atoms with van der Waals surface area (Å²) in [5, 5.41) is 6.34. The number of benzene rings is 1. The largest absolute Gasteiger partial charge is 0.349 e. The van der Waals surface area contributed by atoms with Gasteiger partial charge in [0.1, 0.15) is 0 Å². The van der Waals surface area contributed by atoms with Crippen LogP contribution in [0, 0.1) is 11.8 Å². The lowest BCUT2D eigenvalue weighted by atomic mass is 9.86.